The van der Waals surface area contributed by atoms with Crippen molar-refractivity contribution in [3.63, 3.8) is 0 Å². The number of hydrogen-bond acceptors (Lipinski definition) is 6. The van der Waals surface area contributed by atoms with Crippen molar-refractivity contribution in [3.05, 3.63) is 35.8 Å². The van der Waals surface area contributed by atoms with E-state index in [1.54, 1.807) is 12.3 Å². The fourth-order valence-electron chi connectivity index (χ4n) is 3.88. The Morgan fingerprint density at radius 2 is 1.31 bits per heavy atom. The summed E-state index contributed by atoms with van der Waals surface area (Å²) in [5.74, 6) is -0.328. The highest BCUT2D eigenvalue weighted by Gasteiger charge is 2.09. The number of halogens is 1. The van der Waals surface area contributed by atoms with E-state index in [1.807, 2.05) is 0 Å². The molecular weight excluding hydrogens is 445 g/mol. The Bertz CT molecular complexity index is 814. The molecule has 2 aromatic rings. The number of amides is 1. The molecule has 0 aliphatic rings. The topological polar surface area (TPSA) is 119 Å². The molecule has 35 heavy (non-hydrogen) atoms. The number of rotatable bonds is 22. The second-order valence-corrected chi connectivity index (χ2v) is 8.94. The molecule has 198 valence electrons. The van der Waals surface area contributed by atoms with Crippen LogP contribution in [0.5, 0.6) is 0 Å². The van der Waals surface area contributed by atoms with Crippen molar-refractivity contribution in [2.45, 2.75) is 44.9 Å². The third kappa shape index (κ3) is 13.6. The standard InChI is InChI=1S/C26H46FN7O/c27-23-7-8-25-24(20-23)22(21-34-25)19-26(35)33-18-6-17-32-16-5-15-31-14-4-13-30-11-2-1-10-29-12-3-9-28/h7-8,20-21,29-32,34H,1-6,9-19,28H2,(H,33,35). The minimum Gasteiger partial charge on any atom is -0.361 e. The van der Waals surface area contributed by atoms with Crippen LogP contribution in [0.25, 0.3) is 10.9 Å². The Morgan fingerprint density at radius 3 is 1.91 bits per heavy atom. The average Bonchev–Trinajstić information content (AvgIpc) is 3.24. The number of fused-ring (bicyclic) bond motifs is 1. The summed E-state index contributed by atoms with van der Waals surface area (Å²) in [5.41, 5.74) is 7.13. The van der Waals surface area contributed by atoms with Crippen molar-refractivity contribution >= 4 is 16.8 Å². The Balaban J connectivity index is 1.31. The lowest BCUT2D eigenvalue weighted by atomic mass is 10.1. The van der Waals surface area contributed by atoms with E-state index in [2.05, 4.69) is 31.6 Å². The molecule has 1 heterocycles. The molecule has 1 aromatic heterocycles. The van der Waals surface area contributed by atoms with Crippen molar-refractivity contribution in [2.24, 2.45) is 5.73 Å². The number of unbranched alkanes of at least 4 members (excludes halogenated alkanes) is 1. The SMILES string of the molecule is NCCCNCCCCNCCCNCCCNCCCNC(=O)Cc1c[nH]c2ccc(F)cc12. The summed E-state index contributed by atoms with van der Waals surface area (Å²) < 4.78 is 13.5. The molecule has 0 radical (unpaired) electrons. The molecule has 1 amide bonds. The average molecular weight is 492 g/mol. The Morgan fingerprint density at radius 1 is 0.771 bits per heavy atom. The molecule has 0 spiro atoms. The van der Waals surface area contributed by atoms with Crippen LogP contribution in [0.15, 0.2) is 24.4 Å². The highest BCUT2D eigenvalue weighted by atomic mass is 19.1. The Labute approximate surface area is 209 Å². The number of H-pyrrole nitrogens is 1. The van der Waals surface area contributed by atoms with Gasteiger partial charge in [0.25, 0.3) is 0 Å². The monoisotopic (exact) mass is 491 g/mol. The zero-order valence-electron chi connectivity index (χ0n) is 21.2. The minimum absolute atomic E-state index is 0.0378. The maximum Gasteiger partial charge on any atom is 0.224 e. The van der Waals surface area contributed by atoms with Gasteiger partial charge in [0.1, 0.15) is 5.82 Å². The van der Waals surface area contributed by atoms with Gasteiger partial charge in [-0.3, -0.25) is 4.79 Å². The van der Waals surface area contributed by atoms with Gasteiger partial charge in [-0.2, -0.15) is 0 Å². The summed E-state index contributed by atoms with van der Waals surface area (Å²) >= 11 is 0. The van der Waals surface area contributed by atoms with Crippen LogP contribution in [0.1, 0.15) is 44.1 Å². The van der Waals surface area contributed by atoms with Gasteiger partial charge in [0, 0.05) is 23.6 Å². The summed E-state index contributed by atoms with van der Waals surface area (Å²) in [6, 6.07) is 4.58. The zero-order valence-corrected chi connectivity index (χ0v) is 21.2. The van der Waals surface area contributed by atoms with E-state index in [-0.39, 0.29) is 18.1 Å². The molecule has 8 nitrogen and oxygen atoms in total. The van der Waals surface area contributed by atoms with Crippen LogP contribution < -0.4 is 32.3 Å². The van der Waals surface area contributed by atoms with E-state index in [0.29, 0.717) is 6.54 Å². The highest BCUT2D eigenvalue weighted by molar-refractivity contribution is 5.88. The number of aromatic nitrogens is 1. The molecule has 0 aliphatic carbocycles. The molecule has 9 heteroatoms. The van der Waals surface area contributed by atoms with Gasteiger partial charge in [0.05, 0.1) is 6.42 Å². The fraction of sp³-hybridized carbons (Fsp3) is 0.654. The first-order valence-electron chi connectivity index (χ1n) is 13.3. The van der Waals surface area contributed by atoms with Crippen molar-refractivity contribution < 1.29 is 9.18 Å². The molecular formula is C26H46FN7O. The molecule has 2 rings (SSSR count). The molecule has 0 saturated carbocycles. The van der Waals surface area contributed by atoms with E-state index in [1.165, 1.54) is 25.0 Å². The van der Waals surface area contributed by atoms with Gasteiger partial charge in [0.2, 0.25) is 5.91 Å². The van der Waals surface area contributed by atoms with Gasteiger partial charge in [-0.15, -0.1) is 0 Å². The van der Waals surface area contributed by atoms with Crippen molar-refractivity contribution in [1.29, 1.82) is 0 Å². The predicted octanol–water partition coefficient (Wildman–Crippen LogP) is 1.62. The van der Waals surface area contributed by atoms with Crippen LogP contribution >= 0.6 is 0 Å². The molecule has 0 atom stereocenters. The molecule has 0 aliphatic heterocycles. The summed E-state index contributed by atoms with van der Waals surface area (Å²) in [6.45, 7) is 9.58. The van der Waals surface area contributed by atoms with Crippen LogP contribution in [0.2, 0.25) is 0 Å². The van der Waals surface area contributed by atoms with Crippen molar-refractivity contribution in [1.82, 2.24) is 31.6 Å². The van der Waals surface area contributed by atoms with Crippen molar-refractivity contribution in [3.8, 4) is 0 Å². The lowest BCUT2D eigenvalue weighted by Crippen LogP contribution is -2.29. The van der Waals surface area contributed by atoms with E-state index in [0.717, 1.165) is 101 Å². The first kappa shape index (κ1) is 29.2. The smallest absolute Gasteiger partial charge is 0.224 e. The number of benzene rings is 1. The molecule has 1 aromatic carbocycles. The van der Waals surface area contributed by atoms with Gasteiger partial charge in [-0.05, 0) is 121 Å². The molecule has 8 N–H and O–H groups in total. The maximum atomic E-state index is 13.5. The number of carbonyl (C=O) groups excluding carboxylic acids is 1. The lowest BCUT2D eigenvalue weighted by Gasteiger charge is -2.08. The van der Waals surface area contributed by atoms with E-state index in [4.69, 9.17) is 5.73 Å². The number of nitrogens with two attached hydrogens (primary N) is 1. The van der Waals surface area contributed by atoms with Crippen LogP contribution in [0.4, 0.5) is 4.39 Å². The second kappa shape index (κ2) is 19.2. The van der Waals surface area contributed by atoms with Gasteiger partial charge < -0.3 is 37.3 Å². The van der Waals surface area contributed by atoms with Crippen LogP contribution in [0, 0.1) is 5.82 Å². The van der Waals surface area contributed by atoms with E-state index < -0.39 is 0 Å². The summed E-state index contributed by atoms with van der Waals surface area (Å²) in [7, 11) is 0. The second-order valence-electron chi connectivity index (χ2n) is 8.94. The fourth-order valence-corrected chi connectivity index (χ4v) is 3.88. The first-order valence-corrected chi connectivity index (χ1v) is 13.3. The third-order valence-electron chi connectivity index (χ3n) is 5.86. The first-order chi connectivity index (χ1) is 17.2. The molecule has 0 saturated heterocycles. The van der Waals surface area contributed by atoms with E-state index >= 15 is 0 Å². The van der Waals surface area contributed by atoms with Gasteiger partial charge in [-0.1, -0.05) is 0 Å². The normalized spacial score (nSPS) is 11.4. The quantitative estimate of drug-likeness (QED) is 0.126. The number of aromatic amines is 1. The third-order valence-corrected chi connectivity index (χ3v) is 5.86. The Hall–Kier alpha value is -2.04. The maximum absolute atomic E-state index is 13.5. The number of carbonyl (C=O) groups is 1. The van der Waals surface area contributed by atoms with Crippen LogP contribution in [-0.2, 0) is 11.2 Å². The lowest BCUT2D eigenvalue weighted by molar-refractivity contribution is -0.120. The van der Waals surface area contributed by atoms with Gasteiger partial charge >= 0.3 is 0 Å². The highest BCUT2D eigenvalue weighted by Crippen LogP contribution is 2.19. The largest absolute Gasteiger partial charge is 0.361 e. The predicted molar refractivity (Wildman–Crippen MR) is 143 cm³/mol. The summed E-state index contributed by atoms with van der Waals surface area (Å²) in [4.78, 5) is 15.3. The van der Waals surface area contributed by atoms with Gasteiger partial charge in [0.15, 0.2) is 0 Å². The zero-order chi connectivity index (χ0) is 25.0. The van der Waals surface area contributed by atoms with Crippen LogP contribution in [-0.4, -0.2) is 76.3 Å². The number of nitrogens with one attached hydrogen (secondary N) is 6. The van der Waals surface area contributed by atoms with E-state index in [9.17, 15) is 9.18 Å². The van der Waals surface area contributed by atoms with Crippen molar-refractivity contribution in [2.75, 3.05) is 65.4 Å². The minimum atomic E-state index is -0.290. The molecule has 0 unspecified atom stereocenters. The van der Waals surface area contributed by atoms with Crippen LogP contribution in [0.3, 0.4) is 0 Å². The molecule has 0 fully saturated rings. The summed E-state index contributed by atoms with van der Waals surface area (Å²) in [6.07, 6.45) is 8.64. The number of hydrogen-bond donors (Lipinski definition) is 7. The Kier molecular flexibility index (Phi) is 16.0. The summed E-state index contributed by atoms with van der Waals surface area (Å²) in [5, 5.41) is 17.5. The molecule has 0 bridgehead atoms. The van der Waals surface area contributed by atoms with Gasteiger partial charge in [-0.25, -0.2) is 4.39 Å².